The molecule has 0 fully saturated rings. The molecule has 3 nitrogen and oxygen atoms in total. The minimum absolute atomic E-state index is 0.0673. The molecule has 0 N–H and O–H groups in total. The Bertz CT molecular complexity index is 590. The Morgan fingerprint density at radius 1 is 1.11 bits per heavy atom. The molecule has 0 amide bonds. The van der Waals surface area contributed by atoms with Crippen LogP contribution in [0.5, 0.6) is 5.75 Å². The number of benzene rings is 1. The predicted molar refractivity (Wildman–Crippen MR) is 119 cm³/mol. The van der Waals surface area contributed by atoms with Crippen molar-refractivity contribution in [1.29, 1.82) is 5.26 Å². The lowest BCUT2D eigenvalue weighted by molar-refractivity contribution is 0.0906. The van der Waals surface area contributed by atoms with E-state index in [9.17, 15) is 5.26 Å². The third-order valence-electron chi connectivity index (χ3n) is 5.19. The van der Waals surface area contributed by atoms with Crippen LogP contribution >= 0.6 is 11.8 Å². The Balaban J connectivity index is 2.57. The Kier molecular flexibility index (Phi) is 9.93. The van der Waals surface area contributed by atoms with Crippen molar-refractivity contribution >= 4 is 20.1 Å². The van der Waals surface area contributed by atoms with E-state index in [0.717, 1.165) is 11.5 Å². The second kappa shape index (κ2) is 11.1. The number of hydrogen-bond donors (Lipinski definition) is 0. The van der Waals surface area contributed by atoms with Crippen molar-refractivity contribution in [3.05, 3.63) is 24.3 Å². The van der Waals surface area contributed by atoms with Crippen molar-refractivity contribution in [2.45, 2.75) is 95.5 Å². The summed E-state index contributed by atoms with van der Waals surface area (Å²) in [5.41, 5.74) is 0. The first-order valence-electron chi connectivity index (χ1n) is 10.1. The molecule has 0 radical (unpaired) electrons. The van der Waals surface area contributed by atoms with Gasteiger partial charge >= 0.3 is 0 Å². The maximum absolute atomic E-state index is 9.57. The Morgan fingerprint density at radius 2 is 1.74 bits per heavy atom. The van der Waals surface area contributed by atoms with Crippen LogP contribution in [0, 0.1) is 11.3 Å². The standard InChI is InChI=1S/C22H37NO2SSi/c1-8-9-10-11-16-26-20-14-12-19(13-15-20)24-18(2)21(17-23)25-27(6,7)22(3,4)5/h12-15,18,21H,8-11,16H2,1-7H3. The summed E-state index contributed by atoms with van der Waals surface area (Å²) in [6.07, 6.45) is 4.31. The third-order valence-corrected chi connectivity index (χ3v) is 10.7. The molecule has 2 atom stereocenters. The van der Waals surface area contributed by atoms with Gasteiger partial charge in [-0.15, -0.1) is 11.8 Å². The predicted octanol–water partition coefficient (Wildman–Crippen LogP) is 7.04. The molecule has 0 aliphatic heterocycles. The summed E-state index contributed by atoms with van der Waals surface area (Å²) in [7, 11) is -2.01. The van der Waals surface area contributed by atoms with Crippen LogP contribution < -0.4 is 4.74 Å². The number of hydrogen-bond acceptors (Lipinski definition) is 4. The molecule has 1 aromatic carbocycles. The normalized spacial score (nSPS) is 14.4. The van der Waals surface area contributed by atoms with Gasteiger partial charge in [-0.25, -0.2) is 0 Å². The lowest BCUT2D eigenvalue weighted by Crippen LogP contribution is -2.47. The van der Waals surface area contributed by atoms with Gasteiger partial charge in [0.25, 0.3) is 0 Å². The highest BCUT2D eigenvalue weighted by atomic mass is 32.2. The van der Waals surface area contributed by atoms with Gasteiger partial charge in [0.15, 0.2) is 14.4 Å². The number of nitriles is 1. The zero-order chi connectivity index (χ0) is 20.5. The van der Waals surface area contributed by atoms with Gasteiger partial charge in [0.2, 0.25) is 0 Å². The second-order valence-electron chi connectivity index (χ2n) is 8.63. The summed E-state index contributed by atoms with van der Waals surface area (Å²) in [5.74, 6) is 1.95. The lowest BCUT2D eigenvalue weighted by Gasteiger charge is -2.38. The van der Waals surface area contributed by atoms with E-state index in [-0.39, 0.29) is 11.1 Å². The van der Waals surface area contributed by atoms with E-state index in [4.69, 9.17) is 9.16 Å². The van der Waals surface area contributed by atoms with Gasteiger partial charge in [0.1, 0.15) is 11.9 Å². The number of nitrogens with zero attached hydrogens (tertiary/aromatic N) is 1. The van der Waals surface area contributed by atoms with Crippen LogP contribution in [0.1, 0.15) is 60.3 Å². The van der Waals surface area contributed by atoms with Crippen LogP contribution in [0.4, 0.5) is 0 Å². The molecule has 2 unspecified atom stereocenters. The molecule has 0 bridgehead atoms. The van der Waals surface area contributed by atoms with Gasteiger partial charge in [-0.05, 0) is 61.5 Å². The lowest BCUT2D eigenvalue weighted by atomic mass is 10.2. The fourth-order valence-corrected chi connectivity index (χ4v) is 4.48. The number of rotatable bonds is 11. The first-order chi connectivity index (χ1) is 12.6. The highest BCUT2D eigenvalue weighted by Gasteiger charge is 2.40. The Labute approximate surface area is 172 Å². The van der Waals surface area contributed by atoms with E-state index in [2.05, 4.69) is 59.0 Å². The first-order valence-corrected chi connectivity index (χ1v) is 14.0. The first kappa shape index (κ1) is 24.1. The largest absolute Gasteiger partial charge is 0.487 e. The average molecular weight is 408 g/mol. The summed E-state index contributed by atoms with van der Waals surface area (Å²) < 4.78 is 12.2. The number of unbranched alkanes of at least 4 members (excludes halogenated alkanes) is 3. The van der Waals surface area contributed by atoms with E-state index in [1.807, 2.05) is 30.8 Å². The summed E-state index contributed by atoms with van der Waals surface area (Å²) in [5, 5.41) is 9.64. The minimum atomic E-state index is -2.01. The van der Waals surface area contributed by atoms with Crippen LogP contribution in [-0.2, 0) is 4.43 Å². The maximum atomic E-state index is 9.57. The maximum Gasteiger partial charge on any atom is 0.194 e. The summed E-state index contributed by atoms with van der Waals surface area (Å²) in [6, 6.07) is 10.5. The van der Waals surface area contributed by atoms with Gasteiger partial charge in [0.05, 0.1) is 6.07 Å². The van der Waals surface area contributed by atoms with Crippen LogP contribution in [0.25, 0.3) is 0 Å². The van der Waals surface area contributed by atoms with Crippen LogP contribution in [0.2, 0.25) is 18.1 Å². The second-order valence-corrected chi connectivity index (χ2v) is 14.6. The van der Waals surface area contributed by atoms with Gasteiger partial charge in [-0.2, -0.15) is 5.26 Å². The Morgan fingerprint density at radius 3 is 2.26 bits per heavy atom. The van der Waals surface area contributed by atoms with Crippen LogP contribution in [-0.4, -0.2) is 26.3 Å². The average Bonchev–Trinajstić information content (AvgIpc) is 2.59. The van der Waals surface area contributed by atoms with Crippen molar-refractivity contribution in [3.63, 3.8) is 0 Å². The molecule has 5 heteroatoms. The quantitative estimate of drug-likeness (QED) is 0.224. The van der Waals surface area contributed by atoms with E-state index >= 15 is 0 Å². The van der Waals surface area contributed by atoms with Gasteiger partial charge in [-0.1, -0.05) is 47.0 Å². The van der Waals surface area contributed by atoms with Crippen molar-refractivity contribution in [2.75, 3.05) is 5.75 Å². The molecule has 27 heavy (non-hydrogen) atoms. The SMILES string of the molecule is CCCCCCSc1ccc(OC(C)C(C#N)O[Si](C)(C)C(C)(C)C)cc1. The molecule has 0 aliphatic carbocycles. The highest BCUT2D eigenvalue weighted by Crippen LogP contribution is 2.37. The Hall–Kier alpha value is -0.963. The molecule has 0 heterocycles. The molecular formula is C22H37NO2SSi. The third kappa shape index (κ3) is 8.29. The monoisotopic (exact) mass is 407 g/mol. The summed E-state index contributed by atoms with van der Waals surface area (Å²) in [6.45, 7) is 15.0. The zero-order valence-electron chi connectivity index (χ0n) is 18.2. The fourth-order valence-electron chi connectivity index (χ4n) is 2.33. The van der Waals surface area contributed by atoms with Crippen molar-refractivity contribution < 1.29 is 9.16 Å². The molecule has 0 saturated heterocycles. The van der Waals surface area contributed by atoms with Crippen LogP contribution in [0.15, 0.2) is 29.2 Å². The molecule has 0 aromatic heterocycles. The fraction of sp³-hybridized carbons (Fsp3) is 0.682. The van der Waals surface area contributed by atoms with Gasteiger partial charge in [0, 0.05) is 4.90 Å². The van der Waals surface area contributed by atoms with Crippen LogP contribution in [0.3, 0.4) is 0 Å². The van der Waals surface area contributed by atoms with E-state index in [0.29, 0.717) is 0 Å². The molecule has 0 spiro atoms. The van der Waals surface area contributed by atoms with Crippen molar-refractivity contribution in [2.24, 2.45) is 0 Å². The smallest absolute Gasteiger partial charge is 0.194 e. The molecular weight excluding hydrogens is 370 g/mol. The number of ether oxygens (including phenoxy) is 1. The zero-order valence-corrected chi connectivity index (χ0v) is 20.0. The summed E-state index contributed by atoms with van der Waals surface area (Å²) in [4.78, 5) is 1.26. The van der Waals surface area contributed by atoms with E-state index in [1.165, 1.54) is 30.6 Å². The molecule has 152 valence electrons. The van der Waals surface area contributed by atoms with Gasteiger partial charge < -0.3 is 9.16 Å². The minimum Gasteiger partial charge on any atom is -0.487 e. The summed E-state index contributed by atoms with van der Waals surface area (Å²) >= 11 is 1.89. The molecule has 1 rings (SSSR count). The van der Waals surface area contributed by atoms with Gasteiger partial charge in [-0.3, -0.25) is 0 Å². The molecule has 0 saturated carbocycles. The van der Waals surface area contributed by atoms with E-state index < -0.39 is 14.4 Å². The van der Waals surface area contributed by atoms with Crippen molar-refractivity contribution in [1.82, 2.24) is 0 Å². The topological polar surface area (TPSA) is 42.2 Å². The van der Waals surface area contributed by atoms with Crippen molar-refractivity contribution in [3.8, 4) is 11.8 Å². The molecule has 1 aromatic rings. The van der Waals surface area contributed by atoms with E-state index in [1.54, 1.807) is 0 Å². The number of thioether (sulfide) groups is 1. The molecule has 0 aliphatic rings. The highest BCUT2D eigenvalue weighted by molar-refractivity contribution is 7.99.